The molecule has 0 atom stereocenters. The minimum atomic E-state index is -0.241. The number of methoxy groups -OCH3 is 1. The van der Waals surface area contributed by atoms with E-state index in [1.54, 1.807) is 25.5 Å². The fraction of sp³-hybridized carbons (Fsp3) is 0.100. The van der Waals surface area contributed by atoms with Crippen LogP contribution < -0.4 is 15.5 Å². The van der Waals surface area contributed by atoms with Crippen molar-refractivity contribution >= 4 is 29.2 Å². The lowest BCUT2D eigenvalue weighted by molar-refractivity contribution is 0.415. The summed E-state index contributed by atoms with van der Waals surface area (Å²) in [5.74, 6) is 0.499. The summed E-state index contributed by atoms with van der Waals surface area (Å²) in [4.78, 5) is 0. The Bertz CT molecular complexity index is 937. The zero-order valence-electron chi connectivity index (χ0n) is 14.7. The molecule has 0 amide bonds. The summed E-state index contributed by atoms with van der Waals surface area (Å²) >= 11 is 5.24. The Labute approximate surface area is 162 Å². The standard InChI is InChI=1S/C20H19FN4OS/c1-26-19-6-2-4-17(12-19)23-20(27)24-22-13-18-5-3-11-25(18)14-15-7-9-16(21)10-8-15/h2-13H,14H2,1H3,(H2,23,24,27)/b22-13-. The van der Waals surface area contributed by atoms with Crippen molar-refractivity contribution in [1.82, 2.24) is 9.99 Å². The fourth-order valence-electron chi connectivity index (χ4n) is 2.49. The Kier molecular flexibility index (Phi) is 6.17. The van der Waals surface area contributed by atoms with Crippen LogP contribution in [0, 0.1) is 5.82 Å². The molecule has 0 aliphatic heterocycles. The monoisotopic (exact) mass is 382 g/mol. The summed E-state index contributed by atoms with van der Waals surface area (Å²) < 4.78 is 20.2. The molecule has 1 heterocycles. The largest absolute Gasteiger partial charge is 0.497 e. The summed E-state index contributed by atoms with van der Waals surface area (Å²) in [5, 5.41) is 7.59. The molecule has 3 rings (SSSR count). The third-order valence-electron chi connectivity index (χ3n) is 3.82. The lowest BCUT2D eigenvalue weighted by Crippen LogP contribution is -2.24. The van der Waals surface area contributed by atoms with Crippen molar-refractivity contribution in [2.24, 2.45) is 5.10 Å². The van der Waals surface area contributed by atoms with Gasteiger partial charge in [0.1, 0.15) is 11.6 Å². The lowest BCUT2D eigenvalue weighted by atomic mass is 10.2. The molecule has 0 unspecified atom stereocenters. The minimum absolute atomic E-state index is 0.241. The van der Waals surface area contributed by atoms with Crippen molar-refractivity contribution in [3.8, 4) is 5.75 Å². The molecule has 0 radical (unpaired) electrons. The van der Waals surface area contributed by atoms with E-state index in [0.717, 1.165) is 22.7 Å². The summed E-state index contributed by atoms with van der Waals surface area (Å²) in [6.45, 7) is 0.626. The Hall–Kier alpha value is -3.19. The number of rotatable bonds is 6. The molecule has 0 bridgehead atoms. The van der Waals surface area contributed by atoms with Crippen LogP contribution in [-0.2, 0) is 6.54 Å². The van der Waals surface area contributed by atoms with Crippen LogP contribution in [0.5, 0.6) is 5.75 Å². The number of hydrogen-bond donors (Lipinski definition) is 2. The van der Waals surface area contributed by atoms with Gasteiger partial charge in [-0.1, -0.05) is 18.2 Å². The molecular formula is C20H19FN4OS. The third-order valence-corrected chi connectivity index (χ3v) is 4.01. The van der Waals surface area contributed by atoms with E-state index < -0.39 is 0 Å². The van der Waals surface area contributed by atoms with Gasteiger partial charge in [0.25, 0.3) is 0 Å². The third kappa shape index (κ3) is 5.39. The average Bonchev–Trinajstić information content (AvgIpc) is 3.11. The topological polar surface area (TPSA) is 50.6 Å². The molecular weight excluding hydrogens is 363 g/mol. The van der Waals surface area contributed by atoms with Crippen molar-refractivity contribution in [3.63, 3.8) is 0 Å². The number of hydrogen-bond acceptors (Lipinski definition) is 3. The summed E-state index contributed by atoms with van der Waals surface area (Å²) in [5.41, 5.74) is 5.50. The first kappa shape index (κ1) is 18.6. The molecule has 7 heteroatoms. The number of hydrazone groups is 1. The molecule has 27 heavy (non-hydrogen) atoms. The molecule has 3 aromatic rings. The van der Waals surface area contributed by atoms with Crippen molar-refractivity contribution in [2.45, 2.75) is 6.54 Å². The van der Waals surface area contributed by atoms with Gasteiger partial charge in [-0.05, 0) is 54.2 Å². The molecule has 5 nitrogen and oxygen atoms in total. The SMILES string of the molecule is COc1cccc(NC(=S)N/N=C\c2cccn2Cc2ccc(F)cc2)c1. The van der Waals surface area contributed by atoms with E-state index in [1.807, 2.05) is 47.2 Å². The van der Waals surface area contributed by atoms with Gasteiger partial charge in [0, 0.05) is 24.5 Å². The first-order valence-corrected chi connectivity index (χ1v) is 8.68. The van der Waals surface area contributed by atoms with E-state index in [1.165, 1.54) is 12.1 Å². The smallest absolute Gasteiger partial charge is 0.191 e. The quantitative estimate of drug-likeness (QED) is 0.384. The molecule has 0 aliphatic rings. The van der Waals surface area contributed by atoms with Gasteiger partial charge >= 0.3 is 0 Å². The highest BCUT2D eigenvalue weighted by atomic mass is 32.1. The predicted octanol–water partition coefficient (Wildman–Crippen LogP) is 4.00. The van der Waals surface area contributed by atoms with E-state index in [0.29, 0.717) is 11.7 Å². The number of aromatic nitrogens is 1. The number of nitrogens with zero attached hydrogens (tertiary/aromatic N) is 2. The zero-order valence-corrected chi connectivity index (χ0v) is 15.5. The molecule has 0 spiro atoms. The number of halogens is 1. The average molecular weight is 382 g/mol. The minimum Gasteiger partial charge on any atom is -0.497 e. The molecule has 0 saturated heterocycles. The summed E-state index contributed by atoms with van der Waals surface area (Å²) in [6, 6.07) is 17.8. The first-order valence-electron chi connectivity index (χ1n) is 8.28. The van der Waals surface area contributed by atoms with Gasteiger partial charge in [-0.2, -0.15) is 5.10 Å². The molecule has 2 aromatic carbocycles. The lowest BCUT2D eigenvalue weighted by Gasteiger charge is -2.09. The van der Waals surface area contributed by atoms with Gasteiger partial charge in [-0.25, -0.2) is 4.39 Å². The Morgan fingerprint density at radius 3 is 2.78 bits per heavy atom. The maximum Gasteiger partial charge on any atom is 0.191 e. The maximum absolute atomic E-state index is 13.0. The fourth-order valence-corrected chi connectivity index (χ4v) is 2.66. The molecule has 138 valence electrons. The van der Waals surface area contributed by atoms with Gasteiger partial charge in [0.2, 0.25) is 0 Å². The molecule has 0 saturated carbocycles. The van der Waals surface area contributed by atoms with Crippen molar-refractivity contribution in [3.05, 3.63) is 83.9 Å². The van der Waals surface area contributed by atoms with Crippen LogP contribution in [-0.4, -0.2) is 23.0 Å². The number of nitrogens with one attached hydrogen (secondary N) is 2. The summed E-state index contributed by atoms with van der Waals surface area (Å²) in [7, 11) is 1.61. The van der Waals surface area contributed by atoms with Gasteiger partial charge < -0.3 is 14.6 Å². The number of benzene rings is 2. The first-order chi connectivity index (χ1) is 13.1. The van der Waals surface area contributed by atoms with E-state index in [4.69, 9.17) is 17.0 Å². The Balaban J connectivity index is 1.57. The number of thiocarbonyl (C=S) groups is 1. The van der Waals surface area contributed by atoms with Crippen LogP contribution in [0.1, 0.15) is 11.3 Å². The van der Waals surface area contributed by atoms with E-state index in [9.17, 15) is 4.39 Å². The van der Waals surface area contributed by atoms with Crippen LogP contribution in [0.2, 0.25) is 0 Å². The maximum atomic E-state index is 13.0. The number of ether oxygens (including phenoxy) is 1. The normalized spacial score (nSPS) is 10.7. The highest BCUT2D eigenvalue weighted by Crippen LogP contribution is 2.16. The highest BCUT2D eigenvalue weighted by Gasteiger charge is 2.01. The van der Waals surface area contributed by atoms with E-state index >= 15 is 0 Å². The van der Waals surface area contributed by atoms with E-state index in [2.05, 4.69) is 15.8 Å². The van der Waals surface area contributed by atoms with Crippen LogP contribution >= 0.6 is 12.2 Å². The predicted molar refractivity (Wildman–Crippen MR) is 110 cm³/mol. The van der Waals surface area contributed by atoms with Gasteiger partial charge in [0.15, 0.2) is 5.11 Å². The Morgan fingerprint density at radius 1 is 1.19 bits per heavy atom. The van der Waals surface area contributed by atoms with Crippen molar-refractivity contribution in [2.75, 3.05) is 12.4 Å². The van der Waals surface area contributed by atoms with E-state index in [-0.39, 0.29) is 5.82 Å². The second-order valence-electron chi connectivity index (χ2n) is 5.74. The van der Waals surface area contributed by atoms with Crippen LogP contribution in [0.25, 0.3) is 0 Å². The van der Waals surface area contributed by atoms with Crippen molar-refractivity contribution < 1.29 is 9.13 Å². The van der Waals surface area contributed by atoms with Crippen LogP contribution in [0.3, 0.4) is 0 Å². The molecule has 1 aromatic heterocycles. The van der Waals surface area contributed by atoms with Gasteiger partial charge in [0.05, 0.1) is 19.0 Å². The van der Waals surface area contributed by atoms with Crippen LogP contribution in [0.4, 0.5) is 10.1 Å². The van der Waals surface area contributed by atoms with Crippen molar-refractivity contribution in [1.29, 1.82) is 0 Å². The zero-order chi connectivity index (χ0) is 19.1. The molecule has 0 fully saturated rings. The van der Waals surface area contributed by atoms with Crippen LogP contribution in [0.15, 0.2) is 72.0 Å². The second-order valence-corrected chi connectivity index (χ2v) is 6.15. The Morgan fingerprint density at radius 2 is 2.00 bits per heavy atom. The van der Waals surface area contributed by atoms with Gasteiger partial charge in [-0.15, -0.1) is 0 Å². The molecule has 2 N–H and O–H groups in total. The summed E-state index contributed by atoms with van der Waals surface area (Å²) in [6.07, 6.45) is 3.63. The second kappa shape index (κ2) is 8.95. The highest BCUT2D eigenvalue weighted by molar-refractivity contribution is 7.80. The van der Waals surface area contributed by atoms with Gasteiger partial charge in [-0.3, -0.25) is 5.43 Å². The number of anilines is 1. The molecule has 0 aliphatic carbocycles.